The molecule has 0 saturated heterocycles. The first kappa shape index (κ1) is 18.2. The zero-order valence-corrected chi connectivity index (χ0v) is 15.6. The van der Waals surface area contributed by atoms with Gasteiger partial charge in [0, 0.05) is 22.8 Å². The van der Waals surface area contributed by atoms with Crippen LogP contribution in [-0.4, -0.2) is 33.8 Å². The van der Waals surface area contributed by atoms with Crippen LogP contribution in [0.2, 0.25) is 5.02 Å². The van der Waals surface area contributed by atoms with Crippen LogP contribution in [0.15, 0.2) is 30.3 Å². The van der Waals surface area contributed by atoms with E-state index in [4.69, 9.17) is 30.5 Å². The molecule has 0 fully saturated rings. The van der Waals surface area contributed by atoms with Crippen LogP contribution in [0.25, 0.3) is 0 Å². The Morgan fingerprint density at radius 3 is 2.42 bits per heavy atom. The molecule has 26 heavy (non-hydrogen) atoms. The SMILES string of the molecule is COc1cc(NC(=O)C2COc3ccc(Cl)cc3C2)cc(OC)c1OC. The lowest BCUT2D eigenvalue weighted by Gasteiger charge is -2.25. The third kappa shape index (κ3) is 3.65. The lowest BCUT2D eigenvalue weighted by molar-refractivity contribution is -0.121. The molecule has 6 nitrogen and oxygen atoms in total. The van der Waals surface area contributed by atoms with E-state index in [1.165, 1.54) is 21.3 Å². The summed E-state index contributed by atoms with van der Waals surface area (Å²) in [6, 6.07) is 8.80. The minimum Gasteiger partial charge on any atom is -0.493 e. The number of rotatable bonds is 5. The molecule has 1 aliphatic heterocycles. The first-order valence-corrected chi connectivity index (χ1v) is 8.45. The quantitative estimate of drug-likeness (QED) is 0.863. The van der Waals surface area contributed by atoms with Gasteiger partial charge in [-0.1, -0.05) is 11.6 Å². The molecule has 0 aromatic heterocycles. The van der Waals surface area contributed by atoms with Gasteiger partial charge >= 0.3 is 0 Å². The van der Waals surface area contributed by atoms with E-state index in [2.05, 4.69) is 5.32 Å². The Morgan fingerprint density at radius 2 is 1.81 bits per heavy atom. The van der Waals surface area contributed by atoms with Crippen LogP contribution in [0, 0.1) is 5.92 Å². The first-order valence-electron chi connectivity index (χ1n) is 8.07. The second kappa shape index (κ2) is 7.74. The topological polar surface area (TPSA) is 66.0 Å². The van der Waals surface area contributed by atoms with E-state index < -0.39 is 0 Å². The lowest BCUT2D eigenvalue weighted by atomic mass is 9.96. The maximum atomic E-state index is 12.7. The molecule has 1 aliphatic rings. The van der Waals surface area contributed by atoms with Crippen molar-refractivity contribution in [1.82, 2.24) is 0 Å². The van der Waals surface area contributed by atoms with E-state index in [1.54, 1.807) is 18.2 Å². The molecule has 3 rings (SSSR count). The minimum atomic E-state index is -0.319. The maximum absolute atomic E-state index is 12.7. The Labute approximate surface area is 157 Å². The van der Waals surface area contributed by atoms with Gasteiger partial charge in [-0.25, -0.2) is 0 Å². The molecule has 1 atom stereocenters. The molecule has 2 aromatic carbocycles. The van der Waals surface area contributed by atoms with E-state index in [0.717, 1.165) is 11.3 Å². The van der Waals surface area contributed by atoms with Gasteiger partial charge in [-0.15, -0.1) is 0 Å². The summed E-state index contributed by atoms with van der Waals surface area (Å²) >= 11 is 6.03. The number of halogens is 1. The summed E-state index contributed by atoms with van der Waals surface area (Å²) in [6.45, 7) is 0.310. The maximum Gasteiger partial charge on any atom is 0.231 e. The molecule has 2 aromatic rings. The van der Waals surface area contributed by atoms with Crippen molar-refractivity contribution >= 4 is 23.2 Å². The van der Waals surface area contributed by atoms with Crippen LogP contribution >= 0.6 is 11.6 Å². The average molecular weight is 378 g/mol. The second-order valence-electron chi connectivity index (χ2n) is 5.87. The summed E-state index contributed by atoms with van der Waals surface area (Å²) in [5, 5.41) is 3.51. The third-order valence-corrected chi connectivity index (χ3v) is 4.47. The number of carbonyl (C=O) groups excluding carboxylic acids is 1. The van der Waals surface area contributed by atoms with Crippen molar-refractivity contribution in [3.63, 3.8) is 0 Å². The number of ether oxygens (including phenoxy) is 4. The fourth-order valence-corrected chi connectivity index (χ4v) is 3.12. The van der Waals surface area contributed by atoms with E-state index in [1.807, 2.05) is 12.1 Å². The zero-order chi connectivity index (χ0) is 18.7. The highest BCUT2D eigenvalue weighted by Crippen LogP contribution is 2.40. The average Bonchev–Trinajstić information content (AvgIpc) is 2.66. The fraction of sp³-hybridized carbons (Fsp3) is 0.316. The number of nitrogens with one attached hydrogen (secondary N) is 1. The van der Waals surface area contributed by atoms with Gasteiger partial charge in [0.1, 0.15) is 12.4 Å². The molecule has 1 N–H and O–H groups in total. The van der Waals surface area contributed by atoms with Crippen molar-refractivity contribution in [1.29, 1.82) is 0 Å². The second-order valence-corrected chi connectivity index (χ2v) is 6.30. The third-order valence-electron chi connectivity index (χ3n) is 4.23. The highest BCUT2D eigenvalue weighted by atomic mass is 35.5. The fourth-order valence-electron chi connectivity index (χ4n) is 2.93. The number of amides is 1. The monoisotopic (exact) mass is 377 g/mol. The van der Waals surface area contributed by atoms with Crippen molar-refractivity contribution < 1.29 is 23.7 Å². The lowest BCUT2D eigenvalue weighted by Crippen LogP contribution is -2.32. The largest absolute Gasteiger partial charge is 0.493 e. The van der Waals surface area contributed by atoms with Crippen LogP contribution in [-0.2, 0) is 11.2 Å². The predicted octanol–water partition coefficient (Wildman–Crippen LogP) is 3.56. The summed E-state index contributed by atoms with van der Waals surface area (Å²) < 4.78 is 21.6. The van der Waals surface area contributed by atoms with Gasteiger partial charge in [-0.2, -0.15) is 0 Å². The Bertz CT molecular complexity index is 799. The van der Waals surface area contributed by atoms with Crippen LogP contribution in [0.1, 0.15) is 5.56 Å². The van der Waals surface area contributed by atoms with Gasteiger partial charge in [-0.3, -0.25) is 4.79 Å². The van der Waals surface area contributed by atoms with Gasteiger partial charge in [0.2, 0.25) is 11.7 Å². The summed E-state index contributed by atoms with van der Waals surface area (Å²) in [5.41, 5.74) is 1.48. The van der Waals surface area contributed by atoms with Gasteiger partial charge in [0.05, 0.1) is 27.2 Å². The van der Waals surface area contributed by atoms with Crippen molar-refractivity contribution in [2.75, 3.05) is 33.3 Å². The first-order chi connectivity index (χ1) is 12.5. The van der Waals surface area contributed by atoms with Crippen LogP contribution in [0.3, 0.4) is 0 Å². The Balaban J connectivity index is 1.78. The molecule has 0 bridgehead atoms. The van der Waals surface area contributed by atoms with Gasteiger partial charge < -0.3 is 24.3 Å². The number of hydrogen-bond acceptors (Lipinski definition) is 5. The standard InChI is InChI=1S/C19H20ClNO5/c1-23-16-8-14(9-17(24-2)18(16)25-3)21-19(22)12-6-11-7-13(20)4-5-15(11)26-10-12/h4-5,7-9,12H,6,10H2,1-3H3,(H,21,22). The minimum absolute atomic E-state index is 0.148. The molecular formula is C19H20ClNO5. The number of hydrogen-bond donors (Lipinski definition) is 1. The van der Waals surface area contributed by atoms with Crippen LogP contribution in [0.4, 0.5) is 5.69 Å². The molecule has 0 saturated carbocycles. The Kier molecular flexibility index (Phi) is 5.42. The summed E-state index contributed by atoms with van der Waals surface area (Å²) in [4.78, 5) is 12.7. The Morgan fingerprint density at radius 1 is 1.12 bits per heavy atom. The van der Waals surface area contributed by atoms with Crippen molar-refractivity contribution in [2.24, 2.45) is 5.92 Å². The van der Waals surface area contributed by atoms with E-state index in [9.17, 15) is 4.79 Å². The normalized spacial score (nSPS) is 15.5. The molecule has 1 amide bonds. The van der Waals surface area contributed by atoms with E-state index >= 15 is 0 Å². The molecular weight excluding hydrogens is 358 g/mol. The summed E-state index contributed by atoms with van der Waals surface area (Å²) in [7, 11) is 4.58. The van der Waals surface area contributed by atoms with Crippen molar-refractivity contribution in [3.05, 3.63) is 40.9 Å². The Hall–Kier alpha value is -2.60. The molecule has 1 heterocycles. The number of methoxy groups -OCH3 is 3. The number of anilines is 1. The van der Waals surface area contributed by atoms with E-state index in [0.29, 0.717) is 41.0 Å². The molecule has 0 radical (unpaired) electrons. The smallest absolute Gasteiger partial charge is 0.231 e. The predicted molar refractivity (Wildman–Crippen MR) is 98.9 cm³/mol. The number of carbonyl (C=O) groups is 1. The number of fused-ring (bicyclic) bond motifs is 1. The van der Waals surface area contributed by atoms with Gasteiger partial charge in [-0.05, 0) is 30.2 Å². The molecule has 0 spiro atoms. The molecule has 0 aliphatic carbocycles. The van der Waals surface area contributed by atoms with Crippen LogP contribution in [0.5, 0.6) is 23.0 Å². The van der Waals surface area contributed by atoms with Gasteiger partial charge in [0.15, 0.2) is 11.5 Å². The van der Waals surface area contributed by atoms with Crippen LogP contribution < -0.4 is 24.3 Å². The van der Waals surface area contributed by atoms with Crippen molar-refractivity contribution in [3.8, 4) is 23.0 Å². The highest BCUT2D eigenvalue weighted by Gasteiger charge is 2.27. The molecule has 7 heteroatoms. The summed E-state index contributed by atoms with van der Waals surface area (Å²) in [5.74, 6) is 1.71. The van der Waals surface area contributed by atoms with Crippen molar-refractivity contribution in [2.45, 2.75) is 6.42 Å². The molecule has 138 valence electrons. The molecule has 1 unspecified atom stereocenters. The van der Waals surface area contributed by atoms with E-state index in [-0.39, 0.29) is 11.8 Å². The summed E-state index contributed by atoms with van der Waals surface area (Å²) in [6.07, 6.45) is 0.562. The zero-order valence-electron chi connectivity index (χ0n) is 14.8. The van der Waals surface area contributed by atoms with Gasteiger partial charge in [0.25, 0.3) is 0 Å². The highest BCUT2D eigenvalue weighted by molar-refractivity contribution is 6.30. The number of benzene rings is 2.